The highest BCUT2D eigenvalue weighted by Crippen LogP contribution is 2.20. The third-order valence-corrected chi connectivity index (χ3v) is 2.47. The molecule has 17 heavy (non-hydrogen) atoms. The lowest BCUT2D eigenvalue weighted by Crippen LogP contribution is -2.11. The third kappa shape index (κ3) is 3.04. The average Bonchev–Trinajstić information content (AvgIpc) is 2.30. The number of nitriles is 1. The maximum absolute atomic E-state index is 13.5. The number of ether oxygens (including phenoxy) is 1. The number of carbonyl (C=O) groups is 1. The minimum atomic E-state index is -0.440. The first-order valence-electron chi connectivity index (χ1n) is 5.50. The number of benzene rings is 1. The van der Waals surface area contributed by atoms with Crippen LogP contribution >= 0.6 is 0 Å². The summed E-state index contributed by atoms with van der Waals surface area (Å²) in [6.07, 6.45) is 0.383. The summed E-state index contributed by atoms with van der Waals surface area (Å²) in [5.74, 6) is -0.824. The lowest BCUT2D eigenvalue weighted by atomic mass is 9.96. The molecule has 0 aliphatic carbocycles. The zero-order valence-corrected chi connectivity index (χ0v) is 9.92. The Labute approximate surface area is 99.8 Å². The Morgan fingerprint density at radius 3 is 2.65 bits per heavy atom. The molecule has 0 aliphatic rings. The molecular weight excluding hydrogens is 221 g/mol. The quantitative estimate of drug-likeness (QED) is 0.753. The summed E-state index contributed by atoms with van der Waals surface area (Å²) >= 11 is 0. The van der Waals surface area contributed by atoms with Gasteiger partial charge >= 0.3 is 5.97 Å². The number of rotatable bonds is 4. The summed E-state index contributed by atoms with van der Waals surface area (Å²) in [5, 5.41) is 8.95. The number of hydrogen-bond donors (Lipinski definition) is 0. The normalized spacial score (nSPS) is 9.76. The molecule has 0 radical (unpaired) electrons. The van der Waals surface area contributed by atoms with Gasteiger partial charge in [0.1, 0.15) is 5.82 Å². The average molecular weight is 235 g/mol. The van der Waals surface area contributed by atoms with Gasteiger partial charge in [0.2, 0.25) is 0 Å². The molecule has 0 unspecified atom stereocenters. The Balaban J connectivity index is 3.15. The zero-order chi connectivity index (χ0) is 12.8. The highest BCUT2D eigenvalue weighted by molar-refractivity contribution is 5.74. The summed E-state index contributed by atoms with van der Waals surface area (Å²) in [4.78, 5) is 11.4. The van der Waals surface area contributed by atoms with Crippen molar-refractivity contribution >= 4 is 5.97 Å². The van der Waals surface area contributed by atoms with Crippen LogP contribution in [-0.2, 0) is 22.4 Å². The molecule has 3 nitrogen and oxygen atoms in total. The Morgan fingerprint density at radius 1 is 1.41 bits per heavy atom. The van der Waals surface area contributed by atoms with E-state index in [9.17, 15) is 9.18 Å². The molecule has 1 rings (SSSR count). The fraction of sp³-hybridized carbons (Fsp3) is 0.385. The van der Waals surface area contributed by atoms with Crippen LogP contribution in [0.15, 0.2) is 12.1 Å². The van der Waals surface area contributed by atoms with E-state index in [0.717, 1.165) is 0 Å². The molecule has 0 amide bonds. The number of halogens is 1. The van der Waals surface area contributed by atoms with E-state index in [-0.39, 0.29) is 18.8 Å². The first-order valence-corrected chi connectivity index (χ1v) is 5.50. The van der Waals surface area contributed by atoms with Crippen molar-refractivity contribution in [1.29, 1.82) is 5.26 Å². The van der Waals surface area contributed by atoms with Crippen LogP contribution < -0.4 is 0 Å². The van der Waals surface area contributed by atoms with Crippen LogP contribution in [0.4, 0.5) is 4.39 Å². The zero-order valence-electron chi connectivity index (χ0n) is 9.92. The van der Waals surface area contributed by atoms with E-state index >= 15 is 0 Å². The van der Waals surface area contributed by atoms with E-state index in [1.165, 1.54) is 12.1 Å². The minimum absolute atomic E-state index is 0.0579. The van der Waals surface area contributed by atoms with Crippen molar-refractivity contribution < 1.29 is 13.9 Å². The van der Waals surface area contributed by atoms with Gasteiger partial charge in [-0.25, -0.2) is 4.39 Å². The number of hydrogen-bond acceptors (Lipinski definition) is 3. The second-order valence-electron chi connectivity index (χ2n) is 3.50. The van der Waals surface area contributed by atoms with Crippen LogP contribution in [-0.4, -0.2) is 12.6 Å². The van der Waals surface area contributed by atoms with Gasteiger partial charge in [-0.1, -0.05) is 6.92 Å². The largest absolute Gasteiger partial charge is 0.466 e. The summed E-state index contributed by atoms with van der Waals surface area (Å²) < 4.78 is 18.4. The van der Waals surface area contributed by atoms with Crippen LogP contribution in [0.1, 0.15) is 30.5 Å². The van der Waals surface area contributed by atoms with Crippen molar-refractivity contribution in [3.8, 4) is 6.07 Å². The fourth-order valence-corrected chi connectivity index (χ4v) is 1.71. The van der Waals surface area contributed by atoms with E-state index in [1.807, 2.05) is 6.07 Å². The first-order chi connectivity index (χ1) is 8.13. The molecule has 0 fully saturated rings. The molecule has 4 heteroatoms. The molecular formula is C13H14FNO2. The number of nitrogens with zero attached hydrogens (tertiary/aromatic N) is 1. The molecule has 1 aromatic carbocycles. The van der Waals surface area contributed by atoms with Gasteiger partial charge < -0.3 is 4.74 Å². The molecule has 0 heterocycles. The van der Waals surface area contributed by atoms with Crippen molar-refractivity contribution in [3.63, 3.8) is 0 Å². The molecule has 90 valence electrons. The number of carbonyl (C=O) groups excluding carboxylic acids is 1. The molecule has 1 aromatic rings. The second-order valence-corrected chi connectivity index (χ2v) is 3.50. The van der Waals surface area contributed by atoms with Gasteiger partial charge in [0.25, 0.3) is 0 Å². The molecule has 0 saturated carbocycles. The lowest BCUT2D eigenvalue weighted by Gasteiger charge is -2.10. The Kier molecular flexibility index (Phi) is 4.65. The Hall–Kier alpha value is -1.89. The molecule has 0 bridgehead atoms. The van der Waals surface area contributed by atoms with Crippen molar-refractivity contribution in [2.75, 3.05) is 6.61 Å². The van der Waals surface area contributed by atoms with E-state index in [4.69, 9.17) is 10.00 Å². The number of esters is 1. The van der Waals surface area contributed by atoms with Gasteiger partial charge in [0.15, 0.2) is 0 Å². The van der Waals surface area contributed by atoms with Gasteiger partial charge in [-0.3, -0.25) is 4.79 Å². The third-order valence-electron chi connectivity index (χ3n) is 2.47. The van der Waals surface area contributed by atoms with Crippen LogP contribution in [0.2, 0.25) is 0 Å². The van der Waals surface area contributed by atoms with E-state index < -0.39 is 5.97 Å². The summed E-state index contributed by atoms with van der Waals surface area (Å²) in [6.45, 7) is 3.77. The Morgan fingerprint density at radius 2 is 2.12 bits per heavy atom. The van der Waals surface area contributed by atoms with Crippen molar-refractivity contribution in [2.24, 2.45) is 0 Å². The van der Waals surface area contributed by atoms with E-state index in [0.29, 0.717) is 23.1 Å². The SMILES string of the molecule is CCOC(=O)Cc1c(C#N)ccc(F)c1CC. The minimum Gasteiger partial charge on any atom is -0.466 e. The molecule has 0 aliphatic heterocycles. The lowest BCUT2D eigenvalue weighted by molar-refractivity contribution is -0.142. The van der Waals surface area contributed by atoms with Gasteiger partial charge in [0, 0.05) is 0 Å². The van der Waals surface area contributed by atoms with Crippen molar-refractivity contribution in [3.05, 3.63) is 34.6 Å². The van der Waals surface area contributed by atoms with Crippen LogP contribution in [0.25, 0.3) is 0 Å². The van der Waals surface area contributed by atoms with Gasteiger partial charge in [-0.15, -0.1) is 0 Å². The maximum Gasteiger partial charge on any atom is 0.310 e. The Bertz CT molecular complexity index is 463. The van der Waals surface area contributed by atoms with E-state index in [2.05, 4.69) is 0 Å². The molecule has 0 saturated heterocycles. The van der Waals surface area contributed by atoms with Gasteiger partial charge in [-0.2, -0.15) is 5.26 Å². The standard InChI is InChI=1S/C13H14FNO2/c1-3-10-11(7-13(16)17-4-2)9(8-15)5-6-12(10)14/h5-6H,3-4,7H2,1-2H3. The molecule has 0 N–H and O–H groups in total. The molecule has 0 spiro atoms. The highest BCUT2D eigenvalue weighted by Gasteiger charge is 2.15. The smallest absolute Gasteiger partial charge is 0.310 e. The van der Waals surface area contributed by atoms with Crippen molar-refractivity contribution in [2.45, 2.75) is 26.7 Å². The monoisotopic (exact) mass is 235 g/mol. The van der Waals surface area contributed by atoms with Gasteiger partial charge in [0.05, 0.1) is 24.7 Å². The summed E-state index contributed by atoms with van der Waals surface area (Å²) in [5.41, 5.74) is 1.18. The predicted octanol–water partition coefficient (Wildman–Crippen LogP) is 2.37. The van der Waals surface area contributed by atoms with Crippen molar-refractivity contribution in [1.82, 2.24) is 0 Å². The van der Waals surface area contributed by atoms with E-state index in [1.54, 1.807) is 13.8 Å². The maximum atomic E-state index is 13.5. The second kappa shape index (κ2) is 6.00. The predicted molar refractivity (Wildman–Crippen MR) is 60.8 cm³/mol. The van der Waals surface area contributed by atoms with Crippen LogP contribution in [0.3, 0.4) is 0 Å². The highest BCUT2D eigenvalue weighted by atomic mass is 19.1. The summed E-state index contributed by atoms with van der Waals surface area (Å²) in [6, 6.07) is 4.62. The van der Waals surface area contributed by atoms with Crippen LogP contribution in [0.5, 0.6) is 0 Å². The summed E-state index contributed by atoms with van der Waals surface area (Å²) in [7, 11) is 0. The van der Waals surface area contributed by atoms with Crippen LogP contribution in [0, 0.1) is 17.1 Å². The van der Waals surface area contributed by atoms with Gasteiger partial charge in [-0.05, 0) is 36.6 Å². The topological polar surface area (TPSA) is 50.1 Å². The molecule has 0 atom stereocenters. The fourth-order valence-electron chi connectivity index (χ4n) is 1.71. The first kappa shape index (κ1) is 13.2. The molecule has 0 aromatic heterocycles.